The Labute approximate surface area is 80.6 Å². The zero-order chi connectivity index (χ0) is 9.52. The van der Waals surface area contributed by atoms with Crippen molar-refractivity contribution in [2.24, 2.45) is 0 Å². The third-order valence-electron chi connectivity index (χ3n) is 2.16. The molecule has 1 aliphatic heterocycles. The minimum Gasteiger partial charge on any atom is -0.356 e. The molecule has 1 saturated heterocycles. The molecule has 1 aliphatic rings. The normalized spacial score (nSPS) is 26.9. The Morgan fingerprint density at radius 1 is 1.46 bits per heavy atom. The summed E-state index contributed by atoms with van der Waals surface area (Å²) < 4.78 is 10.6. The highest BCUT2D eigenvalue weighted by Crippen LogP contribution is 2.19. The number of ether oxygens (including phenoxy) is 2. The quantitative estimate of drug-likeness (QED) is 0.492. The number of unbranched alkanes of at least 4 members (excludes halogenated alkanes) is 2. The van der Waals surface area contributed by atoms with Crippen molar-refractivity contribution in [3.63, 3.8) is 0 Å². The first-order valence-electron chi connectivity index (χ1n) is 5.03. The molecule has 0 aliphatic carbocycles. The van der Waals surface area contributed by atoms with Crippen LogP contribution in [0.25, 0.3) is 0 Å². The van der Waals surface area contributed by atoms with Crippen LogP contribution in [0, 0.1) is 11.8 Å². The molecule has 1 fully saturated rings. The average molecular weight is 182 g/mol. The van der Waals surface area contributed by atoms with E-state index in [4.69, 9.17) is 9.47 Å². The molecule has 2 unspecified atom stereocenters. The van der Waals surface area contributed by atoms with E-state index in [0.717, 1.165) is 19.3 Å². The SMILES string of the molecule is CCCCC#CC1CCC(OC)O1. The molecular formula is C11H18O2. The van der Waals surface area contributed by atoms with Crippen LogP contribution in [0.3, 0.4) is 0 Å². The van der Waals surface area contributed by atoms with Crippen LogP contribution in [0.2, 0.25) is 0 Å². The summed E-state index contributed by atoms with van der Waals surface area (Å²) in [5, 5.41) is 0. The van der Waals surface area contributed by atoms with Crippen molar-refractivity contribution in [2.45, 2.75) is 51.4 Å². The van der Waals surface area contributed by atoms with Crippen LogP contribution in [0.4, 0.5) is 0 Å². The minimum atomic E-state index is -0.0227. The second-order valence-corrected chi connectivity index (χ2v) is 3.29. The molecule has 0 bridgehead atoms. The smallest absolute Gasteiger partial charge is 0.159 e. The fraction of sp³-hybridized carbons (Fsp3) is 0.818. The Bertz CT molecular complexity index is 190. The Morgan fingerprint density at radius 3 is 2.92 bits per heavy atom. The van der Waals surface area contributed by atoms with Crippen molar-refractivity contribution in [3.05, 3.63) is 0 Å². The van der Waals surface area contributed by atoms with Gasteiger partial charge in [0.05, 0.1) is 0 Å². The monoisotopic (exact) mass is 182 g/mol. The Morgan fingerprint density at radius 2 is 2.31 bits per heavy atom. The first kappa shape index (κ1) is 10.6. The zero-order valence-corrected chi connectivity index (χ0v) is 8.51. The number of hydrogen-bond acceptors (Lipinski definition) is 2. The van der Waals surface area contributed by atoms with Gasteiger partial charge in [0.2, 0.25) is 0 Å². The fourth-order valence-electron chi connectivity index (χ4n) is 1.34. The van der Waals surface area contributed by atoms with Crippen molar-refractivity contribution in [1.82, 2.24) is 0 Å². The van der Waals surface area contributed by atoms with Gasteiger partial charge in [-0.15, -0.1) is 5.92 Å². The molecule has 1 heterocycles. The second-order valence-electron chi connectivity index (χ2n) is 3.29. The summed E-state index contributed by atoms with van der Waals surface area (Å²) in [4.78, 5) is 0. The van der Waals surface area contributed by atoms with E-state index in [-0.39, 0.29) is 12.4 Å². The maximum atomic E-state index is 5.49. The summed E-state index contributed by atoms with van der Waals surface area (Å²) in [6.45, 7) is 2.18. The molecule has 0 aromatic heterocycles. The lowest BCUT2D eigenvalue weighted by molar-refractivity contribution is -0.102. The van der Waals surface area contributed by atoms with Gasteiger partial charge in [0.25, 0.3) is 0 Å². The lowest BCUT2D eigenvalue weighted by Crippen LogP contribution is -2.10. The number of hydrogen-bond donors (Lipinski definition) is 0. The van der Waals surface area contributed by atoms with Gasteiger partial charge < -0.3 is 9.47 Å². The van der Waals surface area contributed by atoms with E-state index in [2.05, 4.69) is 18.8 Å². The van der Waals surface area contributed by atoms with E-state index in [0.29, 0.717) is 0 Å². The van der Waals surface area contributed by atoms with Crippen LogP contribution < -0.4 is 0 Å². The topological polar surface area (TPSA) is 18.5 Å². The van der Waals surface area contributed by atoms with E-state index in [1.165, 1.54) is 12.8 Å². The predicted molar refractivity (Wildman–Crippen MR) is 52.2 cm³/mol. The van der Waals surface area contributed by atoms with Gasteiger partial charge >= 0.3 is 0 Å². The number of methoxy groups -OCH3 is 1. The lowest BCUT2D eigenvalue weighted by Gasteiger charge is -2.06. The lowest BCUT2D eigenvalue weighted by atomic mass is 10.2. The van der Waals surface area contributed by atoms with Crippen molar-refractivity contribution in [1.29, 1.82) is 0 Å². The summed E-state index contributed by atoms with van der Waals surface area (Å²) >= 11 is 0. The summed E-state index contributed by atoms with van der Waals surface area (Å²) in [7, 11) is 1.68. The van der Waals surface area contributed by atoms with Gasteiger partial charge in [-0.1, -0.05) is 19.3 Å². The van der Waals surface area contributed by atoms with Crippen molar-refractivity contribution in [3.8, 4) is 11.8 Å². The van der Waals surface area contributed by atoms with E-state index in [9.17, 15) is 0 Å². The van der Waals surface area contributed by atoms with E-state index >= 15 is 0 Å². The Kier molecular flexibility index (Phi) is 4.88. The third-order valence-corrected chi connectivity index (χ3v) is 2.16. The second kappa shape index (κ2) is 6.01. The highest BCUT2D eigenvalue weighted by atomic mass is 16.7. The summed E-state index contributed by atoms with van der Waals surface area (Å²) in [5.74, 6) is 6.27. The molecule has 2 atom stereocenters. The van der Waals surface area contributed by atoms with Crippen molar-refractivity contribution >= 4 is 0 Å². The van der Waals surface area contributed by atoms with Crippen LogP contribution in [0.5, 0.6) is 0 Å². The minimum absolute atomic E-state index is 0.0227. The molecule has 0 aromatic carbocycles. The largest absolute Gasteiger partial charge is 0.356 e. The van der Waals surface area contributed by atoms with E-state index < -0.39 is 0 Å². The summed E-state index contributed by atoms with van der Waals surface area (Å²) in [5.41, 5.74) is 0. The molecule has 0 spiro atoms. The van der Waals surface area contributed by atoms with Crippen molar-refractivity contribution < 1.29 is 9.47 Å². The molecule has 0 aromatic rings. The molecule has 0 N–H and O–H groups in total. The molecule has 0 amide bonds. The van der Waals surface area contributed by atoms with Gasteiger partial charge in [-0.2, -0.15) is 0 Å². The highest BCUT2D eigenvalue weighted by Gasteiger charge is 2.22. The van der Waals surface area contributed by atoms with Crippen LogP contribution in [-0.2, 0) is 9.47 Å². The Balaban J connectivity index is 2.17. The van der Waals surface area contributed by atoms with Gasteiger partial charge in [-0.05, 0) is 12.8 Å². The van der Waals surface area contributed by atoms with Gasteiger partial charge in [0.1, 0.15) is 6.10 Å². The van der Waals surface area contributed by atoms with Gasteiger partial charge in [0, 0.05) is 20.0 Å². The van der Waals surface area contributed by atoms with E-state index in [1.807, 2.05) is 0 Å². The maximum absolute atomic E-state index is 5.49. The molecular weight excluding hydrogens is 164 g/mol. The average Bonchev–Trinajstić information content (AvgIpc) is 2.60. The first-order valence-corrected chi connectivity index (χ1v) is 5.03. The van der Waals surface area contributed by atoms with Crippen LogP contribution in [0.15, 0.2) is 0 Å². The molecule has 0 radical (unpaired) electrons. The number of rotatable bonds is 3. The van der Waals surface area contributed by atoms with Gasteiger partial charge in [-0.3, -0.25) is 0 Å². The molecule has 74 valence electrons. The van der Waals surface area contributed by atoms with Crippen LogP contribution in [-0.4, -0.2) is 19.5 Å². The first-order chi connectivity index (χ1) is 6.36. The zero-order valence-electron chi connectivity index (χ0n) is 8.51. The maximum Gasteiger partial charge on any atom is 0.159 e. The Hall–Kier alpha value is -0.520. The summed E-state index contributed by atoms with van der Waals surface area (Å²) in [6.07, 6.45) is 5.47. The van der Waals surface area contributed by atoms with Crippen molar-refractivity contribution in [2.75, 3.05) is 7.11 Å². The summed E-state index contributed by atoms with van der Waals surface area (Å²) in [6, 6.07) is 0. The van der Waals surface area contributed by atoms with Gasteiger partial charge in [-0.25, -0.2) is 0 Å². The third kappa shape index (κ3) is 3.80. The van der Waals surface area contributed by atoms with Crippen LogP contribution >= 0.6 is 0 Å². The van der Waals surface area contributed by atoms with Gasteiger partial charge in [0.15, 0.2) is 6.29 Å². The molecule has 0 saturated carbocycles. The molecule has 1 rings (SSSR count). The molecule has 2 nitrogen and oxygen atoms in total. The molecule has 13 heavy (non-hydrogen) atoms. The fourth-order valence-corrected chi connectivity index (χ4v) is 1.34. The molecule has 2 heteroatoms. The highest BCUT2D eigenvalue weighted by molar-refractivity contribution is 5.06. The standard InChI is InChI=1S/C11H18O2/c1-3-4-5-6-7-10-8-9-11(12-2)13-10/h10-11H,3-5,8-9H2,1-2H3. The predicted octanol–water partition coefficient (Wildman–Crippen LogP) is 2.33. The van der Waals surface area contributed by atoms with Crippen LogP contribution in [0.1, 0.15) is 39.0 Å². The van der Waals surface area contributed by atoms with E-state index in [1.54, 1.807) is 7.11 Å².